The summed E-state index contributed by atoms with van der Waals surface area (Å²) in [5.74, 6) is -0.610. The monoisotopic (exact) mass is 190 g/mol. The molecule has 0 bridgehead atoms. The zero-order chi connectivity index (χ0) is 10.3. The van der Waals surface area contributed by atoms with Crippen LogP contribution in [0, 0.1) is 0 Å². The third-order valence-electron chi connectivity index (χ3n) is 2.23. The number of hydrogen-bond donors (Lipinski definition) is 1. The summed E-state index contributed by atoms with van der Waals surface area (Å²) in [7, 11) is 0. The Labute approximate surface area is 81.3 Å². The first-order valence-corrected chi connectivity index (χ1v) is 4.35. The van der Waals surface area contributed by atoms with Crippen molar-refractivity contribution in [2.75, 3.05) is 0 Å². The normalized spacial score (nSPS) is 17.1. The van der Waals surface area contributed by atoms with E-state index >= 15 is 0 Å². The van der Waals surface area contributed by atoms with E-state index in [1.54, 1.807) is 31.2 Å². The predicted octanol–water partition coefficient (Wildman–Crippen LogP) is 0.587. The van der Waals surface area contributed by atoms with Crippen LogP contribution < -0.4 is 5.73 Å². The molecule has 14 heavy (non-hydrogen) atoms. The first kappa shape index (κ1) is 8.90. The topological polar surface area (TPSA) is 63.4 Å². The smallest absolute Gasteiger partial charge is 0.262 e. The number of nitrogens with two attached hydrogens (primary N) is 1. The summed E-state index contributed by atoms with van der Waals surface area (Å²) in [6, 6.07) is 6.74. The molecule has 1 aliphatic heterocycles. The maximum Gasteiger partial charge on any atom is 0.262 e. The Balaban J connectivity index is 2.54. The molecular weight excluding hydrogens is 180 g/mol. The fourth-order valence-corrected chi connectivity index (χ4v) is 1.58. The molecule has 1 heterocycles. The lowest BCUT2D eigenvalue weighted by Crippen LogP contribution is -2.43. The third-order valence-corrected chi connectivity index (χ3v) is 2.23. The maximum atomic E-state index is 11.7. The molecule has 72 valence electrons. The molecule has 0 fully saturated rings. The van der Waals surface area contributed by atoms with Crippen molar-refractivity contribution in [1.82, 2.24) is 4.90 Å². The number of amides is 2. The molecule has 0 aliphatic carbocycles. The molecule has 2 amide bonds. The Bertz CT molecular complexity index is 377. The van der Waals surface area contributed by atoms with E-state index in [1.807, 2.05) is 0 Å². The summed E-state index contributed by atoms with van der Waals surface area (Å²) < 4.78 is 0. The van der Waals surface area contributed by atoms with Gasteiger partial charge < -0.3 is 5.73 Å². The largest absolute Gasteiger partial charge is 0.311 e. The van der Waals surface area contributed by atoms with Gasteiger partial charge in [-0.1, -0.05) is 12.1 Å². The van der Waals surface area contributed by atoms with Crippen molar-refractivity contribution in [2.45, 2.75) is 13.1 Å². The van der Waals surface area contributed by atoms with Crippen molar-refractivity contribution in [3.05, 3.63) is 35.4 Å². The first-order valence-electron chi connectivity index (χ1n) is 4.35. The summed E-state index contributed by atoms with van der Waals surface area (Å²) >= 11 is 0. The zero-order valence-electron chi connectivity index (χ0n) is 7.73. The second-order valence-corrected chi connectivity index (χ2v) is 3.27. The highest BCUT2D eigenvalue weighted by molar-refractivity contribution is 6.21. The molecule has 2 rings (SSSR count). The lowest BCUT2D eigenvalue weighted by atomic mass is 10.1. The van der Waals surface area contributed by atoms with Crippen LogP contribution in [-0.4, -0.2) is 22.9 Å². The van der Waals surface area contributed by atoms with E-state index < -0.39 is 6.17 Å². The number of benzene rings is 1. The average molecular weight is 190 g/mol. The van der Waals surface area contributed by atoms with Gasteiger partial charge >= 0.3 is 0 Å². The molecule has 4 nitrogen and oxygen atoms in total. The number of fused-ring (bicyclic) bond motifs is 1. The number of hydrogen-bond acceptors (Lipinski definition) is 3. The third kappa shape index (κ3) is 1.04. The minimum Gasteiger partial charge on any atom is -0.311 e. The van der Waals surface area contributed by atoms with Crippen LogP contribution >= 0.6 is 0 Å². The van der Waals surface area contributed by atoms with Gasteiger partial charge in [0.1, 0.15) is 0 Å². The van der Waals surface area contributed by atoms with Crippen molar-refractivity contribution in [1.29, 1.82) is 0 Å². The number of rotatable bonds is 1. The Morgan fingerprint density at radius 1 is 1.14 bits per heavy atom. The summed E-state index contributed by atoms with van der Waals surface area (Å²) in [4.78, 5) is 24.4. The fraction of sp³-hybridized carbons (Fsp3) is 0.200. The second kappa shape index (κ2) is 2.92. The van der Waals surface area contributed by atoms with Gasteiger partial charge in [-0.2, -0.15) is 0 Å². The standard InChI is InChI=1S/C10H10N2O2/c1-6(11)12-9(13)7-4-2-3-5-8(7)10(12)14/h2-6H,11H2,1H3. The lowest BCUT2D eigenvalue weighted by molar-refractivity contribution is 0.0601. The van der Waals surface area contributed by atoms with Gasteiger partial charge in [0, 0.05) is 0 Å². The maximum absolute atomic E-state index is 11.7. The number of carbonyl (C=O) groups excluding carboxylic acids is 2. The molecule has 0 spiro atoms. The highest BCUT2D eigenvalue weighted by atomic mass is 16.2. The molecule has 1 aromatic rings. The molecule has 2 N–H and O–H groups in total. The van der Waals surface area contributed by atoms with Crippen LogP contribution in [-0.2, 0) is 0 Å². The van der Waals surface area contributed by atoms with E-state index in [4.69, 9.17) is 5.73 Å². The van der Waals surface area contributed by atoms with E-state index in [2.05, 4.69) is 0 Å². The SMILES string of the molecule is CC(N)N1C(=O)c2ccccc2C1=O. The Hall–Kier alpha value is -1.68. The molecule has 0 saturated heterocycles. The van der Waals surface area contributed by atoms with Crippen molar-refractivity contribution in [3.8, 4) is 0 Å². The number of nitrogens with zero attached hydrogens (tertiary/aromatic N) is 1. The molecule has 1 aliphatic rings. The molecule has 0 radical (unpaired) electrons. The van der Waals surface area contributed by atoms with Crippen LogP contribution in [0.3, 0.4) is 0 Å². The van der Waals surface area contributed by atoms with Gasteiger partial charge in [-0.15, -0.1) is 0 Å². The second-order valence-electron chi connectivity index (χ2n) is 3.27. The minimum atomic E-state index is -0.581. The Morgan fingerprint density at radius 2 is 1.57 bits per heavy atom. The van der Waals surface area contributed by atoms with Gasteiger partial charge in [0.05, 0.1) is 17.3 Å². The Kier molecular flexibility index (Phi) is 1.86. The minimum absolute atomic E-state index is 0.305. The number of imide groups is 1. The quantitative estimate of drug-likeness (QED) is 0.659. The molecule has 1 atom stereocenters. The fourth-order valence-electron chi connectivity index (χ4n) is 1.58. The molecular formula is C10H10N2O2. The van der Waals surface area contributed by atoms with Crippen LogP contribution in [0.1, 0.15) is 27.6 Å². The average Bonchev–Trinajstić information content (AvgIpc) is 2.41. The van der Waals surface area contributed by atoms with Crippen LogP contribution in [0.5, 0.6) is 0 Å². The van der Waals surface area contributed by atoms with Gasteiger partial charge in [-0.3, -0.25) is 14.5 Å². The van der Waals surface area contributed by atoms with E-state index in [0.29, 0.717) is 11.1 Å². The van der Waals surface area contributed by atoms with Gasteiger partial charge in [0.25, 0.3) is 11.8 Å². The number of carbonyl (C=O) groups is 2. The van der Waals surface area contributed by atoms with E-state index in [0.717, 1.165) is 4.90 Å². The molecule has 1 unspecified atom stereocenters. The first-order chi connectivity index (χ1) is 6.63. The van der Waals surface area contributed by atoms with Crippen LogP contribution in [0.15, 0.2) is 24.3 Å². The van der Waals surface area contributed by atoms with Crippen LogP contribution in [0.2, 0.25) is 0 Å². The molecule has 1 aromatic carbocycles. The Morgan fingerprint density at radius 3 is 1.93 bits per heavy atom. The van der Waals surface area contributed by atoms with Crippen molar-refractivity contribution in [2.24, 2.45) is 5.73 Å². The van der Waals surface area contributed by atoms with E-state index in [1.165, 1.54) is 0 Å². The zero-order valence-corrected chi connectivity index (χ0v) is 7.73. The van der Waals surface area contributed by atoms with Gasteiger partial charge in [-0.25, -0.2) is 0 Å². The summed E-state index contributed by atoms with van der Waals surface area (Å²) in [5, 5.41) is 0. The molecule has 4 heteroatoms. The van der Waals surface area contributed by atoms with Gasteiger partial charge in [-0.05, 0) is 19.1 Å². The van der Waals surface area contributed by atoms with E-state index in [-0.39, 0.29) is 11.8 Å². The summed E-state index contributed by atoms with van der Waals surface area (Å²) in [6.07, 6.45) is -0.581. The molecule has 0 saturated carbocycles. The van der Waals surface area contributed by atoms with Crippen LogP contribution in [0.25, 0.3) is 0 Å². The summed E-state index contributed by atoms with van der Waals surface area (Å²) in [6.45, 7) is 1.61. The predicted molar refractivity (Wildman–Crippen MR) is 50.6 cm³/mol. The van der Waals surface area contributed by atoms with E-state index in [9.17, 15) is 9.59 Å². The van der Waals surface area contributed by atoms with Gasteiger partial charge in [0.15, 0.2) is 0 Å². The highest BCUT2D eigenvalue weighted by Gasteiger charge is 2.36. The van der Waals surface area contributed by atoms with Crippen molar-refractivity contribution < 1.29 is 9.59 Å². The van der Waals surface area contributed by atoms with Crippen molar-refractivity contribution in [3.63, 3.8) is 0 Å². The highest BCUT2D eigenvalue weighted by Crippen LogP contribution is 2.22. The summed E-state index contributed by atoms with van der Waals surface area (Å²) in [5.41, 5.74) is 6.42. The van der Waals surface area contributed by atoms with Crippen molar-refractivity contribution >= 4 is 11.8 Å². The molecule has 0 aromatic heterocycles. The van der Waals surface area contributed by atoms with Gasteiger partial charge in [0.2, 0.25) is 0 Å². The lowest BCUT2D eigenvalue weighted by Gasteiger charge is -2.17. The van der Waals surface area contributed by atoms with Crippen LogP contribution in [0.4, 0.5) is 0 Å².